The Bertz CT molecular complexity index is 273. The number of hydrogen-bond acceptors (Lipinski definition) is 4. The molecule has 0 aromatic heterocycles. The van der Waals surface area contributed by atoms with Crippen LogP contribution >= 0.6 is 11.8 Å². The minimum atomic E-state index is -0.414. The first-order chi connectivity index (χ1) is 8.90. The monoisotopic (exact) mass is 288 g/mol. The van der Waals surface area contributed by atoms with Gasteiger partial charge in [-0.1, -0.05) is 6.92 Å². The Morgan fingerprint density at radius 2 is 2.00 bits per heavy atom. The fourth-order valence-corrected chi connectivity index (χ4v) is 2.64. The van der Waals surface area contributed by atoms with Crippen molar-refractivity contribution in [3.05, 3.63) is 0 Å². The van der Waals surface area contributed by atoms with Gasteiger partial charge in [-0.15, -0.1) is 0 Å². The number of nitrogens with one attached hydrogen (secondary N) is 2. The zero-order valence-corrected chi connectivity index (χ0v) is 13.4. The van der Waals surface area contributed by atoms with Gasteiger partial charge in [-0.25, -0.2) is 4.79 Å². The van der Waals surface area contributed by atoms with Crippen molar-refractivity contribution in [2.45, 2.75) is 64.6 Å². The second-order valence-electron chi connectivity index (χ2n) is 6.02. The largest absolute Gasteiger partial charge is 0.444 e. The number of carbonyl (C=O) groups excluding carboxylic acids is 1. The molecule has 0 atom stereocenters. The lowest BCUT2D eigenvalue weighted by Gasteiger charge is -2.36. The molecule has 0 aliphatic heterocycles. The van der Waals surface area contributed by atoms with Crippen LogP contribution in [0.3, 0.4) is 0 Å². The number of rotatable bonds is 7. The van der Waals surface area contributed by atoms with Gasteiger partial charge in [0.1, 0.15) is 5.60 Å². The summed E-state index contributed by atoms with van der Waals surface area (Å²) in [5.74, 6) is 2.43. The third-order valence-corrected chi connectivity index (χ3v) is 3.95. The van der Waals surface area contributed by atoms with E-state index in [1.54, 1.807) is 0 Å². The van der Waals surface area contributed by atoms with Crippen molar-refractivity contribution in [1.82, 2.24) is 10.6 Å². The van der Waals surface area contributed by atoms with E-state index in [1.165, 1.54) is 17.9 Å². The Balaban J connectivity index is 1.99. The molecule has 1 fully saturated rings. The molecule has 0 aromatic rings. The van der Waals surface area contributed by atoms with Gasteiger partial charge in [0.2, 0.25) is 0 Å². The molecule has 0 spiro atoms. The molecular formula is C14H28N2O2S. The molecule has 0 radical (unpaired) electrons. The smallest absolute Gasteiger partial charge is 0.407 e. The Hall–Kier alpha value is -0.420. The SMILES string of the molecule is CCSCCCNC1CC(NC(=O)OC(C)(C)C)C1. The number of amides is 1. The van der Waals surface area contributed by atoms with Gasteiger partial charge in [-0.3, -0.25) is 0 Å². The summed E-state index contributed by atoms with van der Waals surface area (Å²) in [5.41, 5.74) is -0.414. The summed E-state index contributed by atoms with van der Waals surface area (Å²) >= 11 is 1.99. The van der Waals surface area contributed by atoms with E-state index in [1.807, 2.05) is 32.5 Å². The van der Waals surface area contributed by atoms with E-state index < -0.39 is 5.60 Å². The Labute approximate surface area is 121 Å². The second-order valence-corrected chi connectivity index (χ2v) is 7.41. The molecule has 1 aliphatic carbocycles. The lowest BCUT2D eigenvalue weighted by molar-refractivity contribution is 0.0465. The summed E-state index contributed by atoms with van der Waals surface area (Å²) in [7, 11) is 0. The van der Waals surface area contributed by atoms with Gasteiger partial charge in [0, 0.05) is 12.1 Å². The fraction of sp³-hybridized carbons (Fsp3) is 0.929. The molecule has 4 nitrogen and oxygen atoms in total. The zero-order valence-electron chi connectivity index (χ0n) is 12.6. The molecule has 0 aromatic carbocycles. The van der Waals surface area contributed by atoms with E-state index in [0.717, 1.165) is 19.4 Å². The highest BCUT2D eigenvalue weighted by atomic mass is 32.2. The van der Waals surface area contributed by atoms with Crippen LogP contribution in [0, 0.1) is 0 Å². The van der Waals surface area contributed by atoms with Gasteiger partial charge in [0.05, 0.1) is 0 Å². The van der Waals surface area contributed by atoms with Crippen LogP contribution in [0.4, 0.5) is 4.79 Å². The van der Waals surface area contributed by atoms with E-state index >= 15 is 0 Å². The minimum absolute atomic E-state index is 0.275. The second kappa shape index (κ2) is 8.00. The fourth-order valence-electron chi connectivity index (χ4n) is 2.00. The molecule has 0 bridgehead atoms. The predicted molar refractivity (Wildman–Crippen MR) is 81.8 cm³/mol. The van der Waals surface area contributed by atoms with Crippen LogP contribution in [0.1, 0.15) is 47.0 Å². The van der Waals surface area contributed by atoms with Gasteiger partial charge >= 0.3 is 6.09 Å². The molecule has 0 heterocycles. The maximum absolute atomic E-state index is 11.5. The van der Waals surface area contributed by atoms with Crippen LogP contribution in [-0.2, 0) is 4.74 Å². The zero-order chi connectivity index (χ0) is 14.3. The molecule has 1 aliphatic rings. The van der Waals surface area contributed by atoms with E-state index in [-0.39, 0.29) is 12.1 Å². The molecule has 0 unspecified atom stereocenters. The van der Waals surface area contributed by atoms with Gasteiger partial charge < -0.3 is 15.4 Å². The number of ether oxygens (including phenoxy) is 1. The van der Waals surface area contributed by atoms with Crippen molar-refractivity contribution < 1.29 is 9.53 Å². The van der Waals surface area contributed by atoms with Crippen LogP contribution in [0.15, 0.2) is 0 Å². The van der Waals surface area contributed by atoms with Crippen molar-refractivity contribution in [3.8, 4) is 0 Å². The normalized spacial score (nSPS) is 22.7. The lowest BCUT2D eigenvalue weighted by atomic mass is 9.87. The van der Waals surface area contributed by atoms with Gasteiger partial charge in [0.25, 0.3) is 0 Å². The first-order valence-electron chi connectivity index (χ1n) is 7.21. The average molecular weight is 288 g/mol. The van der Waals surface area contributed by atoms with E-state index in [0.29, 0.717) is 6.04 Å². The Morgan fingerprint density at radius 3 is 2.58 bits per heavy atom. The first-order valence-corrected chi connectivity index (χ1v) is 8.37. The van der Waals surface area contributed by atoms with Gasteiger partial charge in [-0.2, -0.15) is 11.8 Å². The van der Waals surface area contributed by atoms with E-state index in [9.17, 15) is 4.79 Å². The summed E-state index contributed by atoms with van der Waals surface area (Å²) < 4.78 is 5.23. The third-order valence-electron chi connectivity index (χ3n) is 2.96. The Kier molecular flexibility index (Phi) is 7.00. The highest BCUT2D eigenvalue weighted by molar-refractivity contribution is 7.99. The summed E-state index contributed by atoms with van der Waals surface area (Å²) in [5, 5.41) is 6.43. The first kappa shape index (κ1) is 16.6. The molecule has 1 saturated carbocycles. The molecule has 1 amide bonds. The Morgan fingerprint density at radius 1 is 1.32 bits per heavy atom. The number of carbonyl (C=O) groups is 1. The lowest BCUT2D eigenvalue weighted by Crippen LogP contribution is -2.53. The maximum Gasteiger partial charge on any atom is 0.407 e. The molecular weight excluding hydrogens is 260 g/mol. The number of thioether (sulfide) groups is 1. The molecule has 112 valence electrons. The van der Waals surface area contributed by atoms with Crippen LogP contribution in [-0.4, -0.2) is 41.8 Å². The quantitative estimate of drug-likeness (QED) is 0.707. The molecule has 19 heavy (non-hydrogen) atoms. The van der Waals surface area contributed by atoms with Crippen molar-refractivity contribution in [2.75, 3.05) is 18.1 Å². The minimum Gasteiger partial charge on any atom is -0.444 e. The van der Waals surface area contributed by atoms with Crippen LogP contribution < -0.4 is 10.6 Å². The summed E-state index contributed by atoms with van der Waals surface area (Å²) in [6.07, 6.45) is 2.95. The van der Waals surface area contributed by atoms with Crippen molar-refractivity contribution in [3.63, 3.8) is 0 Å². The van der Waals surface area contributed by atoms with Crippen LogP contribution in [0.5, 0.6) is 0 Å². The number of alkyl carbamates (subject to hydrolysis) is 1. The van der Waals surface area contributed by atoms with Crippen molar-refractivity contribution >= 4 is 17.9 Å². The van der Waals surface area contributed by atoms with Crippen molar-refractivity contribution in [1.29, 1.82) is 0 Å². The van der Waals surface area contributed by atoms with E-state index in [2.05, 4.69) is 17.6 Å². The van der Waals surface area contributed by atoms with Crippen LogP contribution in [0.2, 0.25) is 0 Å². The third kappa shape index (κ3) is 7.67. The standard InChI is InChI=1S/C14H28N2O2S/c1-5-19-8-6-7-15-11-9-12(10-11)16-13(17)18-14(2,3)4/h11-12,15H,5-10H2,1-4H3,(H,16,17). The molecule has 1 rings (SSSR count). The van der Waals surface area contributed by atoms with Gasteiger partial charge in [-0.05, 0) is 58.1 Å². The van der Waals surface area contributed by atoms with Crippen molar-refractivity contribution in [2.24, 2.45) is 0 Å². The highest BCUT2D eigenvalue weighted by Gasteiger charge is 2.30. The summed E-state index contributed by atoms with van der Waals surface area (Å²) in [4.78, 5) is 11.5. The average Bonchev–Trinajstić information content (AvgIpc) is 2.22. The molecule has 2 N–H and O–H groups in total. The number of hydrogen-bond donors (Lipinski definition) is 2. The maximum atomic E-state index is 11.5. The van der Waals surface area contributed by atoms with Crippen LogP contribution in [0.25, 0.3) is 0 Å². The molecule has 5 heteroatoms. The predicted octanol–water partition coefficient (Wildman–Crippen LogP) is 2.77. The van der Waals surface area contributed by atoms with E-state index in [4.69, 9.17) is 4.74 Å². The highest BCUT2D eigenvalue weighted by Crippen LogP contribution is 2.20. The molecule has 0 saturated heterocycles. The topological polar surface area (TPSA) is 50.4 Å². The van der Waals surface area contributed by atoms with Gasteiger partial charge in [0.15, 0.2) is 0 Å². The summed E-state index contributed by atoms with van der Waals surface area (Å²) in [6, 6.07) is 0.837. The summed E-state index contributed by atoms with van der Waals surface area (Å²) in [6.45, 7) is 8.91.